The van der Waals surface area contributed by atoms with Crippen molar-refractivity contribution < 1.29 is 9.63 Å². The van der Waals surface area contributed by atoms with Gasteiger partial charge in [-0.25, -0.2) is 0 Å². The molecule has 12 heavy (non-hydrogen) atoms. The molecule has 0 unspecified atom stereocenters. The smallest absolute Gasteiger partial charge is 0.170 e. The monoisotopic (exact) mass is 183 g/mol. The van der Waals surface area contributed by atoms with E-state index in [1.165, 1.54) is 6.07 Å². The molecule has 0 aliphatic heterocycles. The highest BCUT2D eigenvalue weighted by molar-refractivity contribution is 6.32. The van der Waals surface area contributed by atoms with Crippen molar-refractivity contribution >= 4 is 22.6 Å². The maximum Gasteiger partial charge on any atom is 0.170 e. The van der Waals surface area contributed by atoms with Crippen LogP contribution in [0.25, 0.3) is 11.0 Å². The van der Waals surface area contributed by atoms with Crippen LogP contribution in [0.4, 0.5) is 0 Å². The minimum absolute atomic E-state index is 0.0142. The molecule has 2 rings (SSSR count). The Kier molecular flexibility index (Phi) is 1.48. The third kappa shape index (κ3) is 0.940. The molecule has 1 aromatic carbocycles. The van der Waals surface area contributed by atoms with E-state index in [9.17, 15) is 5.11 Å². The molecule has 3 nitrogen and oxygen atoms in total. The maximum absolute atomic E-state index is 9.21. The Hall–Kier alpha value is -1.22. The second-order valence-corrected chi connectivity index (χ2v) is 2.97. The number of rotatable bonds is 0. The molecule has 0 aliphatic carbocycles. The molecule has 1 heterocycles. The molecular formula is C8H6ClNO2. The summed E-state index contributed by atoms with van der Waals surface area (Å²) in [5, 5.41) is 14.1. The summed E-state index contributed by atoms with van der Waals surface area (Å²) in [5.74, 6) is 0.0142. The van der Waals surface area contributed by atoms with E-state index in [2.05, 4.69) is 5.16 Å². The molecule has 0 saturated carbocycles. The van der Waals surface area contributed by atoms with Crippen molar-refractivity contribution in [2.75, 3.05) is 0 Å². The second kappa shape index (κ2) is 2.38. The SMILES string of the molecule is Cc1noc2cc(O)c(Cl)cc12. The van der Waals surface area contributed by atoms with Gasteiger partial charge in [0.15, 0.2) is 5.58 Å². The molecular weight excluding hydrogens is 178 g/mol. The number of hydrogen-bond donors (Lipinski definition) is 1. The van der Waals surface area contributed by atoms with Crippen molar-refractivity contribution in [2.24, 2.45) is 0 Å². The summed E-state index contributed by atoms with van der Waals surface area (Å²) in [4.78, 5) is 0. The number of halogens is 1. The van der Waals surface area contributed by atoms with Crippen LogP contribution in [0.1, 0.15) is 5.69 Å². The molecule has 0 spiro atoms. The molecule has 0 fully saturated rings. The first-order valence-corrected chi connectivity index (χ1v) is 3.81. The van der Waals surface area contributed by atoms with Crippen LogP contribution in [0.3, 0.4) is 0 Å². The van der Waals surface area contributed by atoms with Gasteiger partial charge in [-0.2, -0.15) is 0 Å². The summed E-state index contributed by atoms with van der Waals surface area (Å²) in [6.07, 6.45) is 0. The Morgan fingerprint density at radius 2 is 2.25 bits per heavy atom. The second-order valence-electron chi connectivity index (χ2n) is 2.57. The van der Waals surface area contributed by atoms with E-state index in [-0.39, 0.29) is 5.75 Å². The zero-order valence-corrected chi connectivity index (χ0v) is 7.09. The molecule has 0 amide bonds. The van der Waals surface area contributed by atoms with Crippen molar-refractivity contribution in [2.45, 2.75) is 6.92 Å². The number of phenolic OH excluding ortho intramolecular Hbond substituents is 1. The third-order valence-electron chi connectivity index (χ3n) is 1.72. The van der Waals surface area contributed by atoms with Gasteiger partial charge >= 0.3 is 0 Å². The van der Waals surface area contributed by atoms with Crippen molar-refractivity contribution in [1.29, 1.82) is 0 Å². The Morgan fingerprint density at radius 3 is 3.00 bits per heavy atom. The normalized spacial score (nSPS) is 10.8. The van der Waals surface area contributed by atoms with Crippen LogP contribution in [0.2, 0.25) is 5.02 Å². The van der Waals surface area contributed by atoms with Gasteiger partial charge in [-0.1, -0.05) is 16.8 Å². The van der Waals surface area contributed by atoms with E-state index >= 15 is 0 Å². The van der Waals surface area contributed by atoms with Crippen molar-refractivity contribution in [3.63, 3.8) is 0 Å². The number of hydrogen-bond acceptors (Lipinski definition) is 3. The molecule has 0 bridgehead atoms. The summed E-state index contributed by atoms with van der Waals surface area (Å²) >= 11 is 5.70. The highest BCUT2D eigenvalue weighted by Gasteiger charge is 2.07. The van der Waals surface area contributed by atoms with Gasteiger partial charge in [-0.05, 0) is 13.0 Å². The summed E-state index contributed by atoms with van der Waals surface area (Å²) in [6, 6.07) is 3.09. The standard InChI is InChI=1S/C8H6ClNO2/c1-4-5-2-6(9)7(11)3-8(5)12-10-4/h2-3,11H,1H3. The summed E-state index contributed by atoms with van der Waals surface area (Å²) in [7, 11) is 0. The van der Waals surface area contributed by atoms with Gasteiger partial charge in [0, 0.05) is 11.5 Å². The van der Waals surface area contributed by atoms with Gasteiger partial charge in [0.2, 0.25) is 0 Å². The highest BCUT2D eigenvalue weighted by Crippen LogP contribution is 2.30. The molecule has 62 valence electrons. The number of nitrogens with zero attached hydrogens (tertiary/aromatic N) is 1. The van der Waals surface area contributed by atoms with Crippen LogP contribution in [0.5, 0.6) is 5.75 Å². The Morgan fingerprint density at radius 1 is 1.50 bits per heavy atom. The van der Waals surface area contributed by atoms with E-state index in [1.807, 2.05) is 6.92 Å². The van der Waals surface area contributed by atoms with Gasteiger partial charge in [-0.15, -0.1) is 0 Å². The minimum atomic E-state index is 0.0142. The molecule has 0 radical (unpaired) electrons. The fourth-order valence-electron chi connectivity index (χ4n) is 1.07. The molecule has 2 aromatic rings. The van der Waals surface area contributed by atoms with Gasteiger partial charge in [0.25, 0.3) is 0 Å². The fourth-order valence-corrected chi connectivity index (χ4v) is 1.23. The lowest BCUT2D eigenvalue weighted by atomic mass is 10.2. The zero-order chi connectivity index (χ0) is 8.72. The average Bonchev–Trinajstić information content (AvgIpc) is 2.35. The highest BCUT2D eigenvalue weighted by atomic mass is 35.5. The summed E-state index contributed by atoms with van der Waals surface area (Å²) in [5.41, 5.74) is 1.32. The Labute approximate surface area is 73.5 Å². The van der Waals surface area contributed by atoms with E-state index in [0.717, 1.165) is 11.1 Å². The number of aryl methyl sites for hydroxylation is 1. The van der Waals surface area contributed by atoms with E-state index in [0.29, 0.717) is 10.6 Å². The van der Waals surface area contributed by atoms with Crippen LogP contribution in [0.15, 0.2) is 16.7 Å². The van der Waals surface area contributed by atoms with Gasteiger partial charge in [0.05, 0.1) is 10.7 Å². The van der Waals surface area contributed by atoms with E-state index in [4.69, 9.17) is 16.1 Å². The van der Waals surface area contributed by atoms with Gasteiger partial charge in [0.1, 0.15) is 5.75 Å². The van der Waals surface area contributed by atoms with E-state index in [1.54, 1.807) is 6.07 Å². The first-order chi connectivity index (χ1) is 5.68. The summed E-state index contributed by atoms with van der Waals surface area (Å²) in [6.45, 7) is 1.82. The van der Waals surface area contributed by atoms with Crippen molar-refractivity contribution in [3.05, 3.63) is 22.8 Å². The third-order valence-corrected chi connectivity index (χ3v) is 2.02. The van der Waals surface area contributed by atoms with Crippen LogP contribution in [-0.2, 0) is 0 Å². The van der Waals surface area contributed by atoms with E-state index < -0.39 is 0 Å². The molecule has 4 heteroatoms. The number of benzene rings is 1. The number of fused-ring (bicyclic) bond motifs is 1. The summed E-state index contributed by atoms with van der Waals surface area (Å²) < 4.78 is 4.92. The Balaban J connectivity index is 2.87. The van der Waals surface area contributed by atoms with Crippen LogP contribution in [-0.4, -0.2) is 10.3 Å². The quantitative estimate of drug-likeness (QED) is 0.683. The lowest BCUT2D eigenvalue weighted by molar-refractivity contribution is 0.444. The topological polar surface area (TPSA) is 46.3 Å². The largest absolute Gasteiger partial charge is 0.506 e. The number of phenols is 1. The maximum atomic E-state index is 9.21. The first-order valence-electron chi connectivity index (χ1n) is 3.43. The minimum Gasteiger partial charge on any atom is -0.506 e. The predicted molar refractivity (Wildman–Crippen MR) is 45.4 cm³/mol. The first kappa shape index (κ1) is 7.43. The molecule has 0 aliphatic rings. The van der Waals surface area contributed by atoms with Crippen molar-refractivity contribution in [1.82, 2.24) is 5.16 Å². The van der Waals surface area contributed by atoms with Crippen LogP contribution < -0.4 is 0 Å². The lowest BCUT2D eigenvalue weighted by Crippen LogP contribution is -1.71. The molecule has 0 saturated heterocycles. The Bertz CT molecular complexity index is 436. The van der Waals surface area contributed by atoms with Gasteiger partial charge < -0.3 is 9.63 Å². The lowest BCUT2D eigenvalue weighted by Gasteiger charge is -1.93. The predicted octanol–water partition coefficient (Wildman–Crippen LogP) is 2.50. The van der Waals surface area contributed by atoms with Crippen LogP contribution in [0, 0.1) is 6.92 Å². The zero-order valence-electron chi connectivity index (χ0n) is 6.34. The van der Waals surface area contributed by atoms with Crippen LogP contribution >= 0.6 is 11.6 Å². The molecule has 0 atom stereocenters. The van der Waals surface area contributed by atoms with Crippen molar-refractivity contribution in [3.8, 4) is 5.75 Å². The fraction of sp³-hybridized carbons (Fsp3) is 0.125. The number of aromatic hydroxyl groups is 1. The molecule has 1 N–H and O–H groups in total. The average molecular weight is 184 g/mol. The number of aromatic nitrogens is 1. The van der Waals surface area contributed by atoms with Gasteiger partial charge in [-0.3, -0.25) is 0 Å². The molecule has 1 aromatic heterocycles.